The number of nitrogens with zero attached hydrogens (tertiary/aromatic N) is 5. The number of anilines is 1. The van der Waals surface area contributed by atoms with Crippen molar-refractivity contribution in [1.82, 2.24) is 9.88 Å². The number of amides is 2. The summed E-state index contributed by atoms with van der Waals surface area (Å²) in [5, 5.41) is 2.26. The van der Waals surface area contributed by atoms with Gasteiger partial charge in [0.1, 0.15) is 34.8 Å². The topological polar surface area (TPSA) is 122 Å². The molecule has 0 aliphatic carbocycles. The summed E-state index contributed by atoms with van der Waals surface area (Å²) in [6.45, 7) is 0.471. The van der Waals surface area contributed by atoms with E-state index in [2.05, 4.69) is 15.3 Å². The number of amidine groups is 1. The number of fused-ring (bicyclic) bond motifs is 2. The Balaban J connectivity index is 1.34. The number of hydrogen-bond donors (Lipinski definition) is 2. The van der Waals surface area contributed by atoms with Gasteiger partial charge in [0.25, 0.3) is 11.7 Å². The molecule has 14 heteroatoms. The van der Waals surface area contributed by atoms with E-state index in [1.807, 2.05) is 4.90 Å². The third kappa shape index (κ3) is 4.65. The number of hydrogen-bond acceptors (Lipinski definition) is 7. The van der Waals surface area contributed by atoms with Gasteiger partial charge in [-0.1, -0.05) is 0 Å². The smallest absolute Gasteiger partial charge is 0.416 e. The Morgan fingerprint density at radius 1 is 1.21 bits per heavy atom. The van der Waals surface area contributed by atoms with Crippen LogP contribution in [0.5, 0.6) is 5.75 Å². The van der Waals surface area contributed by atoms with E-state index in [-0.39, 0.29) is 46.4 Å². The number of alkyl halides is 3. The van der Waals surface area contributed by atoms with Crippen molar-refractivity contribution in [3.8, 4) is 5.75 Å². The molecular weight excluding hydrogens is 558 g/mol. The number of quaternary nitrogens is 1. The molecule has 2 amide bonds. The predicted molar refractivity (Wildman–Crippen MR) is 143 cm³/mol. The molecule has 1 aromatic carbocycles. The van der Waals surface area contributed by atoms with Gasteiger partial charge in [-0.25, -0.2) is 9.37 Å². The lowest BCUT2D eigenvalue weighted by molar-refractivity contribution is -0.750. The molecule has 2 saturated heterocycles. The van der Waals surface area contributed by atoms with E-state index in [1.54, 1.807) is 12.4 Å². The third-order valence-electron chi connectivity index (χ3n) is 8.02. The average molecular weight is 585 g/mol. The minimum Gasteiger partial charge on any atom is -0.496 e. The quantitative estimate of drug-likeness (QED) is 0.311. The fraction of sp³-hybridized carbons (Fsp3) is 0.321. The number of benzene rings is 1. The van der Waals surface area contributed by atoms with Gasteiger partial charge >= 0.3 is 6.18 Å². The Kier molecular flexibility index (Phi) is 6.69. The molecule has 0 radical (unpaired) electrons. The molecule has 218 valence electrons. The number of methoxy groups -OCH3 is 1. The van der Waals surface area contributed by atoms with Crippen LogP contribution in [-0.2, 0) is 11.0 Å². The molecule has 42 heavy (non-hydrogen) atoms. The van der Waals surface area contributed by atoms with Crippen LogP contribution in [0.2, 0.25) is 0 Å². The zero-order valence-corrected chi connectivity index (χ0v) is 22.4. The normalized spacial score (nSPS) is 25.0. The Bertz CT molecular complexity index is 1620. The Hall–Kier alpha value is -4.43. The largest absolute Gasteiger partial charge is 0.496 e. The second kappa shape index (κ2) is 10.1. The van der Waals surface area contributed by atoms with Crippen LogP contribution in [0.1, 0.15) is 47.2 Å². The fourth-order valence-corrected chi connectivity index (χ4v) is 5.91. The van der Waals surface area contributed by atoms with Gasteiger partial charge in [-0.3, -0.25) is 14.6 Å². The summed E-state index contributed by atoms with van der Waals surface area (Å²) < 4.78 is 60.1. The highest BCUT2D eigenvalue weighted by Gasteiger charge is 2.49. The number of nitrogens with two attached hydrogens (primary N) is 1. The average Bonchev–Trinajstić information content (AvgIpc) is 3.48. The van der Waals surface area contributed by atoms with Crippen molar-refractivity contribution in [2.45, 2.75) is 37.9 Å². The van der Waals surface area contributed by atoms with Gasteiger partial charge in [0, 0.05) is 36.7 Å². The maximum absolute atomic E-state index is 15.9. The number of halogens is 4. The van der Waals surface area contributed by atoms with Gasteiger partial charge in [0.05, 0.1) is 25.1 Å². The second-order valence-electron chi connectivity index (χ2n) is 10.5. The van der Waals surface area contributed by atoms with Crippen LogP contribution in [-0.4, -0.2) is 58.0 Å². The molecular formula is C28H26F4N7O3+. The van der Waals surface area contributed by atoms with Crippen molar-refractivity contribution >= 4 is 29.7 Å². The molecule has 5 heterocycles. The second-order valence-corrected chi connectivity index (χ2v) is 10.5. The number of carbonyl (C=O) groups excluding carboxylic acids is 2. The first-order valence-electron chi connectivity index (χ1n) is 13.2. The molecule has 0 spiro atoms. The number of ether oxygens (including phenoxy) is 1. The summed E-state index contributed by atoms with van der Waals surface area (Å²) in [5.74, 6) is 4.66. The van der Waals surface area contributed by atoms with Gasteiger partial charge in [0.15, 0.2) is 0 Å². The maximum atomic E-state index is 15.9. The van der Waals surface area contributed by atoms with E-state index in [9.17, 15) is 22.8 Å². The summed E-state index contributed by atoms with van der Waals surface area (Å²) in [6.07, 6.45) is 3.80. The first kappa shape index (κ1) is 27.7. The van der Waals surface area contributed by atoms with Crippen LogP contribution in [0.4, 0.5) is 23.4 Å². The van der Waals surface area contributed by atoms with Crippen molar-refractivity contribution < 1.29 is 36.5 Å². The van der Waals surface area contributed by atoms with E-state index in [4.69, 9.17) is 15.6 Å². The van der Waals surface area contributed by atoms with Gasteiger partial charge in [-0.05, 0) is 43.5 Å². The summed E-state index contributed by atoms with van der Waals surface area (Å²) >= 11 is 0. The van der Waals surface area contributed by atoms with E-state index < -0.39 is 28.1 Å². The van der Waals surface area contributed by atoms with Gasteiger partial charge < -0.3 is 15.0 Å². The van der Waals surface area contributed by atoms with E-state index in [1.165, 1.54) is 19.4 Å². The summed E-state index contributed by atoms with van der Waals surface area (Å²) in [4.78, 5) is 40.0. The van der Waals surface area contributed by atoms with Crippen LogP contribution in [0, 0.1) is 11.7 Å². The first-order chi connectivity index (χ1) is 20.0. The van der Waals surface area contributed by atoms with Crippen molar-refractivity contribution in [1.29, 1.82) is 0 Å². The SMILES string of the molecule is COc1cc(C(=O)Nc2cc(C(F)(F)F)ccn2)cc(F)c1C1=NC([C@@H]2CC[C@H]3CCC(=O)N3C2)=C2C=NC=C[N+]12N. The predicted octanol–water partition coefficient (Wildman–Crippen LogP) is 4.12. The van der Waals surface area contributed by atoms with Gasteiger partial charge in [-0.2, -0.15) is 24.0 Å². The molecule has 2 fully saturated rings. The summed E-state index contributed by atoms with van der Waals surface area (Å²) in [5.41, 5.74) is -0.182. The van der Waals surface area contributed by atoms with Crippen molar-refractivity contribution in [3.05, 3.63) is 76.8 Å². The van der Waals surface area contributed by atoms with Crippen LogP contribution in [0.15, 0.2) is 64.2 Å². The fourth-order valence-electron chi connectivity index (χ4n) is 5.91. The number of allylic oxidation sites excluding steroid dienone is 1. The Labute approximate surface area is 237 Å². The molecule has 3 atom stereocenters. The number of nitrogens with one attached hydrogen (secondary N) is 1. The standard InChI is InChI=1S/C28H25F4N7O3/c1-42-21-11-16(27(41)36-22-12-17(6-7-35-22)28(30,31)32)10-19(29)24(21)26-37-25(20-13-34-8-9-39(20,26)33)15-2-3-18-4-5-23(40)38(18)14-15/h6-13,15,18H,2-5,14,33H2,1H3/p+1/t15-,18+,39?/m1/s1. The minimum absolute atomic E-state index is 0.0613. The number of pyridine rings is 1. The third-order valence-corrected chi connectivity index (χ3v) is 8.02. The Morgan fingerprint density at radius 3 is 2.79 bits per heavy atom. The van der Waals surface area contributed by atoms with Crippen molar-refractivity contribution in [2.24, 2.45) is 21.7 Å². The van der Waals surface area contributed by atoms with Crippen molar-refractivity contribution in [3.63, 3.8) is 0 Å². The molecule has 1 unspecified atom stereocenters. The monoisotopic (exact) mass is 584 g/mol. The number of carbonyl (C=O) groups is 2. The lowest BCUT2D eigenvalue weighted by Crippen LogP contribution is -2.53. The first-order valence-corrected chi connectivity index (χ1v) is 13.2. The molecule has 6 rings (SSSR count). The van der Waals surface area contributed by atoms with Gasteiger partial charge in [-0.15, -0.1) is 4.59 Å². The van der Waals surface area contributed by atoms with Crippen LogP contribution in [0.25, 0.3) is 0 Å². The lowest BCUT2D eigenvalue weighted by atomic mass is 9.90. The number of piperidine rings is 1. The molecule has 2 aromatic rings. The maximum Gasteiger partial charge on any atom is 0.416 e. The minimum atomic E-state index is -4.63. The van der Waals surface area contributed by atoms with Crippen LogP contribution < -0.4 is 15.9 Å². The molecule has 3 N–H and O–H groups in total. The number of aliphatic imine (C=N–C) groups is 2. The zero-order chi connectivity index (χ0) is 29.8. The molecule has 10 nitrogen and oxygen atoms in total. The van der Waals surface area contributed by atoms with Crippen LogP contribution >= 0.6 is 0 Å². The molecule has 0 bridgehead atoms. The molecule has 0 saturated carbocycles. The zero-order valence-electron chi connectivity index (χ0n) is 22.4. The van der Waals surface area contributed by atoms with Gasteiger partial charge in [0.2, 0.25) is 11.6 Å². The molecule has 4 aliphatic rings. The number of rotatable bonds is 5. The highest BCUT2D eigenvalue weighted by Crippen LogP contribution is 2.42. The highest BCUT2D eigenvalue weighted by atomic mass is 19.4. The van der Waals surface area contributed by atoms with E-state index in [0.717, 1.165) is 37.6 Å². The summed E-state index contributed by atoms with van der Waals surface area (Å²) in [6, 6.07) is 3.85. The molecule has 4 aliphatic heterocycles. The van der Waals surface area contributed by atoms with Crippen molar-refractivity contribution in [2.75, 3.05) is 19.0 Å². The van der Waals surface area contributed by atoms with E-state index in [0.29, 0.717) is 30.4 Å². The highest BCUT2D eigenvalue weighted by molar-refractivity contribution is 6.07. The lowest BCUT2D eigenvalue weighted by Gasteiger charge is -2.35. The van der Waals surface area contributed by atoms with E-state index >= 15 is 4.39 Å². The summed E-state index contributed by atoms with van der Waals surface area (Å²) in [7, 11) is 1.29. The number of aromatic nitrogens is 1. The van der Waals surface area contributed by atoms with Crippen LogP contribution in [0.3, 0.4) is 0 Å². The molecule has 1 aromatic heterocycles. The Morgan fingerprint density at radius 2 is 2.02 bits per heavy atom.